The third-order valence-corrected chi connectivity index (χ3v) is 3.65. The van der Waals surface area contributed by atoms with Crippen molar-refractivity contribution in [3.8, 4) is 0 Å². The molecule has 4 N–H and O–H groups in total. The number of hydrogen-bond donors (Lipinski definition) is 3. The van der Waals surface area contributed by atoms with Gasteiger partial charge in [-0.25, -0.2) is 0 Å². The van der Waals surface area contributed by atoms with Crippen LogP contribution in [0, 0.1) is 0 Å². The Labute approximate surface area is 98.4 Å². The Bertz CT molecular complexity index is 514. The van der Waals surface area contributed by atoms with Crippen LogP contribution in [0.4, 0.5) is 5.69 Å². The molecule has 1 aromatic rings. The standard InChI is InChI=1S/C12H13N3O2/c13-11(17)9-10(16)12(6-15-9)5-14-8-4-2-1-3-7(8)12/h1-4,9,14-15H,5-6H2,(H2,13,17). The lowest BCUT2D eigenvalue weighted by Gasteiger charge is -2.20. The molecule has 2 heterocycles. The van der Waals surface area contributed by atoms with Gasteiger partial charge in [-0.2, -0.15) is 0 Å². The topological polar surface area (TPSA) is 84.2 Å². The summed E-state index contributed by atoms with van der Waals surface area (Å²) in [4.78, 5) is 23.5. The molecule has 2 atom stereocenters. The van der Waals surface area contributed by atoms with E-state index < -0.39 is 17.4 Å². The number of para-hydroxylation sites is 1. The van der Waals surface area contributed by atoms with Crippen LogP contribution >= 0.6 is 0 Å². The molecule has 2 aliphatic heterocycles. The number of nitrogens with two attached hydrogens (primary N) is 1. The molecule has 17 heavy (non-hydrogen) atoms. The smallest absolute Gasteiger partial charge is 0.242 e. The highest BCUT2D eigenvalue weighted by Gasteiger charge is 2.53. The van der Waals surface area contributed by atoms with E-state index in [2.05, 4.69) is 10.6 Å². The largest absolute Gasteiger partial charge is 0.383 e. The Morgan fingerprint density at radius 3 is 2.82 bits per heavy atom. The van der Waals surface area contributed by atoms with Gasteiger partial charge in [-0.3, -0.25) is 14.9 Å². The molecular formula is C12H13N3O2. The van der Waals surface area contributed by atoms with E-state index in [1.807, 2.05) is 24.3 Å². The van der Waals surface area contributed by atoms with Gasteiger partial charge < -0.3 is 11.1 Å². The summed E-state index contributed by atoms with van der Waals surface area (Å²) in [5, 5.41) is 6.13. The zero-order chi connectivity index (χ0) is 12.0. The maximum Gasteiger partial charge on any atom is 0.242 e. The predicted octanol–water partition coefficient (Wildman–Crippen LogP) is -0.624. The van der Waals surface area contributed by atoms with Gasteiger partial charge in [0, 0.05) is 18.8 Å². The first-order valence-corrected chi connectivity index (χ1v) is 5.55. The van der Waals surface area contributed by atoms with E-state index in [1.165, 1.54) is 0 Å². The van der Waals surface area contributed by atoms with E-state index in [9.17, 15) is 9.59 Å². The van der Waals surface area contributed by atoms with Crippen molar-refractivity contribution in [2.45, 2.75) is 11.5 Å². The van der Waals surface area contributed by atoms with E-state index in [-0.39, 0.29) is 5.78 Å². The van der Waals surface area contributed by atoms with Crippen molar-refractivity contribution in [1.82, 2.24) is 5.32 Å². The maximum atomic E-state index is 12.3. The number of rotatable bonds is 1. The van der Waals surface area contributed by atoms with Crippen LogP contribution in [0.1, 0.15) is 5.56 Å². The van der Waals surface area contributed by atoms with E-state index in [0.29, 0.717) is 13.1 Å². The van der Waals surface area contributed by atoms with Gasteiger partial charge in [-0.15, -0.1) is 0 Å². The fourth-order valence-electron chi connectivity index (χ4n) is 2.74. The molecule has 1 fully saturated rings. The van der Waals surface area contributed by atoms with Crippen LogP contribution in [0.5, 0.6) is 0 Å². The van der Waals surface area contributed by atoms with Gasteiger partial charge in [0.05, 0.1) is 5.41 Å². The fourth-order valence-corrected chi connectivity index (χ4v) is 2.74. The molecule has 5 nitrogen and oxygen atoms in total. The number of carbonyl (C=O) groups is 2. The Kier molecular flexibility index (Phi) is 2.00. The molecular weight excluding hydrogens is 218 g/mol. The Balaban J connectivity index is 2.06. The van der Waals surface area contributed by atoms with Crippen molar-refractivity contribution in [3.63, 3.8) is 0 Å². The first-order valence-electron chi connectivity index (χ1n) is 5.55. The second kappa shape index (κ2) is 3.30. The lowest BCUT2D eigenvalue weighted by atomic mass is 9.79. The second-order valence-electron chi connectivity index (χ2n) is 4.56. The predicted molar refractivity (Wildman–Crippen MR) is 62.6 cm³/mol. The molecule has 0 aliphatic carbocycles. The molecule has 1 amide bonds. The van der Waals surface area contributed by atoms with Crippen molar-refractivity contribution in [3.05, 3.63) is 29.8 Å². The zero-order valence-electron chi connectivity index (χ0n) is 9.19. The van der Waals surface area contributed by atoms with Gasteiger partial charge in [0.2, 0.25) is 5.91 Å². The summed E-state index contributed by atoms with van der Waals surface area (Å²) in [5.74, 6) is -0.723. The minimum atomic E-state index is -0.858. The average Bonchev–Trinajstić information content (AvgIpc) is 2.85. The fraction of sp³-hybridized carbons (Fsp3) is 0.333. The summed E-state index contributed by atoms with van der Waals surface area (Å²) in [6, 6.07) is 6.83. The first kappa shape index (κ1) is 10.3. The summed E-state index contributed by atoms with van der Waals surface area (Å²) in [5.41, 5.74) is 6.51. The molecule has 0 saturated carbocycles. The van der Waals surface area contributed by atoms with Crippen LogP contribution in [0.2, 0.25) is 0 Å². The highest BCUT2D eigenvalue weighted by atomic mass is 16.2. The van der Waals surface area contributed by atoms with Gasteiger partial charge in [0.1, 0.15) is 6.04 Å². The van der Waals surface area contributed by atoms with E-state index in [4.69, 9.17) is 5.73 Å². The number of primary amides is 1. The Hall–Kier alpha value is -1.88. The average molecular weight is 231 g/mol. The molecule has 2 unspecified atom stereocenters. The molecule has 1 saturated heterocycles. The van der Waals surface area contributed by atoms with Gasteiger partial charge in [0.15, 0.2) is 5.78 Å². The molecule has 0 bridgehead atoms. The summed E-state index contributed by atoms with van der Waals surface area (Å²) < 4.78 is 0. The number of amides is 1. The number of benzene rings is 1. The molecule has 1 aromatic carbocycles. The third-order valence-electron chi connectivity index (χ3n) is 3.65. The maximum absolute atomic E-state index is 12.3. The molecule has 0 radical (unpaired) electrons. The van der Waals surface area contributed by atoms with Gasteiger partial charge in [-0.1, -0.05) is 18.2 Å². The quantitative estimate of drug-likeness (QED) is 0.562. The molecule has 0 aromatic heterocycles. The van der Waals surface area contributed by atoms with E-state index >= 15 is 0 Å². The van der Waals surface area contributed by atoms with Gasteiger partial charge in [0.25, 0.3) is 0 Å². The van der Waals surface area contributed by atoms with Crippen LogP contribution in [-0.2, 0) is 15.0 Å². The molecule has 3 rings (SSSR count). The number of nitrogens with one attached hydrogen (secondary N) is 2. The van der Waals surface area contributed by atoms with Crippen molar-refractivity contribution < 1.29 is 9.59 Å². The minimum absolute atomic E-state index is 0.123. The number of fused-ring (bicyclic) bond motifs is 2. The highest BCUT2D eigenvalue weighted by molar-refractivity contribution is 6.12. The number of hydrogen-bond acceptors (Lipinski definition) is 4. The van der Waals surface area contributed by atoms with E-state index in [1.54, 1.807) is 0 Å². The first-order chi connectivity index (χ1) is 8.15. The Morgan fingerprint density at radius 2 is 2.12 bits per heavy atom. The summed E-state index contributed by atoms with van der Waals surface area (Å²) in [6.45, 7) is 0.991. The van der Waals surface area contributed by atoms with Crippen molar-refractivity contribution in [2.24, 2.45) is 5.73 Å². The molecule has 2 aliphatic rings. The van der Waals surface area contributed by atoms with E-state index in [0.717, 1.165) is 11.3 Å². The SMILES string of the molecule is NC(=O)C1NCC2(CNc3ccccc32)C1=O. The number of Topliss-reactive ketones (excluding diaryl/α,β-unsaturated/α-hetero) is 1. The molecule has 1 spiro atoms. The highest BCUT2D eigenvalue weighted by Crippen LogP contribution is 2.40. The van der Waals surface area contributed by atoms with Crippen LogP contribution in [0.3, 0.4) is 0 Å². The van der Waals surface area contributed by atoms with Crippen LogP contribution in [0.15, 0.2) is 24.3 Å². The number of ketones is 1. The normalized spacial score (nSPS) is 30.4. The third kappa shape index (κ3) is 1.23. The molecule has 88 valence electrons. The zero-order valence-corrected chi connectivity index (χ0v) is 9.19. The van der Waals surface area contributed by atoms with Crippen molar-refractivity contribution in [2.75, 3.05) is 18.4 Å². The summed E-state index contributed by atoms with van der Waals surface area (Å²) in [7, 11) is 0. The monoisotopic (exact) mass is 231 g/mol. The second-order valence-corrected chi connectivity index (χ2v) is 4.56. The lowest BCUT2D eigenvalue weighted by Crippen LogP contribution is -2.44. The summed E-state index contributed by atoms with van der Waals surface area (Å²) in [6.07, 6.45) is 0. The van der Waals surface area contributed by atoms with Crippen molar-refractivity contribution >= 4 is 17.4 Å². The van der Waals surface area contributed by atoms with Crippen LogP contribution < -0.4 is 16.4 Å². The van der Waals surface area contributed by atoms with Gasteiger partial charge in [-0.05, 0) is 11.6 Å². The number of carbonyl (C=O) groups excluding carboxylic acids is 2. The molecule has 5 heteroatoms. The minimum Gasteiger partial charge on any atom is -0.383 e. The van der Waals surface area contributed by atoms with Gasteiger partial charge >= 0.3 is 0 Å². The Morgan fingerprint density at radius 1 is 1.35 bits per heavy atom. The summed E-state index contributed by atoms with van der Waals surface area (Å²) >= 11 is 0. The lowest BCUT2D eigenvalue weighted by molar-refractivity contribution is -0.129. The number of anilines is 1. The van der Waals surface area contributed by atoms with Crippen LogP contribution in [-0.4, -0.2) is 30.8 Å². The van der Waals surface area contributed by atoms with Crippen LogP contribution in [0.25, 0.3) is 0 Å². The van der Waals surface area contributed by atoms with Crippen molar-refractivity contribution in [1.29, 1.82) is 0 Å².